The molecule has 1 N–H and O–H groups in total. The summed E-state index contributed by atoms with van der Waals surface area (Å²) in [5, 5.41) is 3.43. The Morgan fingerprint density at radius 2 is 2.00 bits per heavy atom. The van der Waals surface area contributed by atoms with E-state index in [9.17, 15) is 8.78 Å². The molecule has 2 nitrogen and oxygen atoms in total. The van der Waals surface area contributed by atoms with E-state index in [0.717, 1.165) is 25.9 Å². The minimum atomic E-state index is -0.439. The van der Waals surface area contributed by atoms with E-state index < -0.39 is 11.6 Å². The van der Waals surface area contributed by atoms with E-state index in [1.54, 1.807) is 0 Å². The summed E-state index contributed by atoms with van der Waals surface area (Å²) in [6.07, 6.45) is 3.38. The largest absolute Gasteiger partial charge is 0.313 e. The molecular formula is C16H24F2N2. The Kier molecular flexibility index (Phi) is 5.49. The van der Waals surface area contributed by atoms with Crippen LogP contribution in [0.1, 0.15) is 38.7 Å². The van der Waals surface area contributed by atoms with Crippen molar-refractivity contribution >= 4 is 0 Å². The van der Waals surface area contributed by atoms with E-state index >= 15 is 0 Å². The first kappa shape index (κ1) is 15.4. The molecule has 0 amide bonds. The number of rotatable bonds is 5. The number of halogens is 2. The van der Waals surface area contributed by atoms with Crippen LogP contribution in [0.5, 0.6) is 0 Å². The number of nitrogens with zero attached hydrogens (tertiary/aromatic N) is 1. The molecule has 4 heteroatoms. The summed E-state index contributed by atoms with van der Waals surface area (Å²) in [7, 11) is 0. The van der Waals surface area contributed by atoms with Gasteiger partial charge < -0.3 is 5.32 Å². The van der Waals surface area contributed by atoms with E-state index in [-0.39, 0.29) is 5.56 Å². The monoisotopic (exact) mass is 282 g/mol. The average Bonchev–Trinajstić information content (AvgIpc) is 2.44. The molecule has 112 valence electrons. The average molecular weight is 282 g/mol. The Morgan fingerprint density at radius 1 is 1.30 bits per heavy atom. The van der Waals surface area contributed by atoms with Crippen LogP contribution in [0.25, 0.3) is 0 Å². The maximum Gasteiger partial charge on any atom is 0.130 e. The van der Waals surface area contributed by atoms with Crippen molar-refractivity contribution in [2.45, 2.75) is 51.7 Å². The van der Waals surface area contributed by atoms with Crippen molar-refractivity contribution in [1.29, 1.82) is 0 Å². The number of nitrogens with one attached hydrogen (secondary N) is 1. The van der Waals surface area contributed by atoms with Crippen LogP contribution in [0, 0.1) is 11.6 Å². The topological polar surface area (TPSA) is 15.3 Å². The lowest BCUT2D eigenvalue weighted by atomic mass is 9.95. The van der Waals surface area contributed by atoms with Gasteiger partial charge in [-0.05, 0) is 45.0 Å². The minimum absolute atomic E-state index is 0.197. The molecule has 0 radical (unpaired) electrons. The van der Waals surface area contributed by atoms with Crippen molar-refractivity contribution < 1.29 is 8.78 Å². The molecule has 1 aromatic carbocycles. The van der Waals surface area contributed by atoms with Crippen LogP contribution in [-0.2, 0) is 6.54 Å². The third-order valence-electron chi connectivity index (χ3n) is 4.19. The van der Waals surface area contributed by atoms with Gasteiger partial charge in [0.2, 0.25) is 0 Å². The van der Waals surface area contributed by atoms with Crippen LogP contribution in [0.3, 0.4) is 0 Å². The number of hydrogen-bond donors (Lipinski definition) is 1. The van der Waals surface area contributed by atoms with Gasteiger partial charge in [0, 0.05) is 24.2 Å². The van der Waals surface area contributed by atoms with E-state index in [4.69, 9.17) is 0 Å². The van der Waals surface area contributed by atoms with Gasteiger partial charge in [-0.3, -0.25) is 4.90 Å². The van der Waals surface area contributed by atoms with Crippen LogP contribution >= 0.6 is 0 Å². The zero-order chi connectivity index (χ0) is 14.5. The summed E-state index contributed by atoms with van der Waals surface area (Å²) in [6, 6.07) is 4.79. The fourth-order valence-electron chi connectivity index (χ4n) is 3.12. The predicted molar refractivity (Wildman–Crippen MR) is 77.5 cm³/mol. The number of benzene rings is 1. The van der Waals surface area contributed by atoms with E-state index in [0.29, 0.717) is 18.6 Å². The molecule has 0 aromatic heterocycles. The zero-order valence-corrected chi connectivity index (χ0v) is 12.3. The van der Waals surface area contributed by atoms with Crippen molar-refractivity contribution in [2.75, 3.05) is 13.1 Å². The maximum absolute atomic E-state index is 13.8. The minimum Gasteiger partial charge on any atom is -0.313 e. The van der Waals surface area contributed by atoms with E-state index in [2.05, 4.69) is 24.1 Å². The molecule has 1 saturated heterocycles. The van der Waals surface area contributed by atoms with Gasteiger partial charge in [0.25, 0.3) is 0 Å². The molecule has 2 rings (SSSR count). The molecule has 0 aliphatic carbocycles. The third-order valence-corrected chi connectivity index (χ3v) is 4.19. The molecule has 2 unspecified atom stereocenters. The SMILES string of the molecule is CCNC(C)C1CCCCN1Cc1c(F)cccc1F. The van der Waals surface area contributed by atoms with Crippen molar-refractivity contribution in [3.05, 3.63) is 35.4 Å². The molecular weight excluding hydrogens is 258 g/mol. The molecule has 0 saturated carbocycles. The zero-order valence-electron chi connectivity index (χ0n) is 12.3. The predicted octanol–water partition coefficient (Wildman–Crippen LogP) is 3.32. The number of piperidine rings is 1. The summed E-state index contributed by atoms with van der Waals surface area (Å²) < 4.78 is 27.6. The van der Waals surface area contributed by atoms with Crippen LogP contribution < -0.4 is 5.32 Å². The first-order valence-electron chi connectivity index (χ1n) is 7.53. The van der Waals surface area contributed by atoms with Crippen molar-refractivity contribution in [2.24, 2.45) is 0 Å². The lowest BCUT2D eigenvalue weighted by molar-refractivity contribution is 0.109. The van der Waals surface area contributed by atoms with Crippen molar-refractivity contribution in [3.8, 4) is 0 Å². The summed E-state index contributed by atoms with van der Waals surface area (Å²) in [4.78, 5) is 2.22. The summed E-state index contributed by atoms with van der Waals surface area (Å²) in [5.41, 5.74) is 0.197. The highest BCUT2D eigenvalue weighted by Gasteiger charge is 2.28. The molecule has 2 atom stereocenters. The van der Waals surface area contributed by atoms with Gasteiger partial charge in [-0.15, -0.1) is 0 Å². The highest BCUT2D eigenvalue weighted by Crippen LogP contribution is 2.24. The van der Waals surface area contributed by atoms with Crippen LogP contribution in [0.2, 0.25) is 0 Å². The second kappa shape index (κ2) is 7.14. The lowest BCUT2D eigenvalue weighted by Gasteiger charge is -2.39. The van der Waals surface area contributed by atoms with Crippen LogP contribution in [0.4, 0.5) is 8.78 Å². The van der Waals surface area contributed by atoms with Gasteiger partial charge in [0.15, 0.2) is 0 Å². The quantitative estimate of drug-likeness (QED) is 0.891. The Balaban J connectivity index is 2.12. The van der Waals surface area contributed by atoms with Gasteiger partial charge in [0.1, 0.15) is 11.6 Å². The fraction of sp³-hybridized carbons (Fsp3) is 0.625. The Hall–Kier alpha value is -1.00. The molecule has 1 heterocycles. The molecule has 1 fully saturated rings. The smallest absolute Gasteiger partial charge is 0.130 e. The highest BCUT2D eigenvalue weighted by molar-refractivity contribution is 5.19. The highest BCUT2D eigenvalue weighted by atomic mass is 19.1. The number of likely N-dealkylation sites (N-methyl/N-ethyl adjacent to an activating group) is 1. The van der Waals surface area contributed by atoms with Gasteiger partial charge >= 0.3 is 0 Å². The third kappa shape index (κ3) is 3.55. The lowest BCUT2D eigenvalue weighted by Crippen LogP contribution is -2.50. The Morgan fingerprint density at radius 3 is 2.65 bits per heavy atom. The molecule has 1 aliphatic heterocycles. The van der Waals surface area contributed by atoms with Gasteiger partial charge in [0.05, 0.1) is 0 Å². The summed E-state index contributed by atoms with van der Waals surface area (Å²) >= 11 is 0. The molecule has 0 bridgehead atoms. The molecule has 0 spiro atoms. The first-order chi connectivity index (χ1) is 9.63. The Labute approximate surface area is 120 Å². The van der Waals surface area contributed by atoms with E-state index in [1.807, 2.05) is 0 Å². The van der Waals surface area contributed by atoms with E-state index in [1.165, 1.54) is 24.6 Å². The van der Waals surface area contributed by atoms with Gasteiger partial charge in [-0.2, -0.15) is 0 Å². The standard InChI is InChI=1S/C16H24F2N2/c1-3-19-12(2)16-9-4-5-10-20(16)11-13-14(17)7-6-8-15(13)18/h6-8,12,16,19H,3-5,9-11H2,1-2H3. The number of likely N-dealkylation sites (tertiary alicyclic amines) is 1. The molecule has 20 heavy (non-hydrogen) atoms. The van der Waals surface area contributed by atoms with Crippen LogP contribution in [0.15, 0.2) is 18.2 Å². The van der Waals surface area contributed by atoms with Crippen molar-refractivity contribution in [1.82, 2.24) is 10.2 Å². The van der Waals surface area contributed by atoms with Gasteiger partial charge in [-0.1, -0.05) is 19.4 Å². The second-order valence-electron chi connectivity index (χ2n) is 5.58. The maximum atomic E-state index is 13.8. The Bertz CT molecular complexity index is 416. The molecule has 1 aromatic rings. The molecule has 1 aliphatic rings. The fourth-order valence-corrected chi connectivity index (χ4v) is 3.12. The second-order valence-corrected chi connectivity index (χ2v) is 5.58. The van der Waals surface area contributed by atoms with Gasteiger partial charge in [-0.25, -0.2) is 8.78 Å². The van der Waals surface area contributed by atoms with Crippen molar-refractivity contribution in [3.63, 3.8) is 0 Å². The van der Waals surface area contributed by atoms with Crippen LogP contribution in [-0.4, -0.2) is 30.1 Å². The summed E-state index contributed by atoms with van der Waals surface area (Å²) in [6.45, 7) is 6.43. The number of hydrogen-bond acceptors (Lipinski definition) is 2. The summed E-state index contributed by atoms with van der Waals surface area (Å²) in [5.74, 6) is -0.879. The first-order valence-corrected chi connectivity index (χ1v) is 7.53. The normalized spacial score (nSPS) is 21.9.